The fourth-order valence-electron chi connectivity index (χ4n) is 0. The van der Waals surface area contributed by atoms with Gasteiger partial charge in [-0.25, -0.2) is 0 Å². The summed E-state index contributed by atoms with van der Waals surface area (Å²) in [5.74, 6) is 0. The zero-order chi connectivity index (χ0) is 4.00. The molecular weight excluding hydrogens is 254 g/mol. The standard InChI is InChI=1S/CH4.Cd.2S.Zn/h1H4;;;;. The Morgan fingerprint density at radius 3 is 1.20 bits per heavy atom. The van der Waals surface area contributed by atoms with Crippen LogP contribution < -0.4 is 0 Å². The average Bonchev–Trinajstić information content (AvgIpc) is 1.50. The van der Waals surface area contributed by atoms with E-state index in [1.54, 1.807) is 0 Å². The van der Waals surface area contributed by atoms with E-state index in [1.165, 1.54) is 0 Å². The molecule has 0 atom stereocenters. The Balaban J connectivity index is -0.0000000133. The van der Waals surface area contributed by atoms with Crippen LogP contribution in [-0.4, -0.2) is 0 Å². The van der Waals surface area contributed by atoms with Crippen molar-refractivity contribution in [3.05, 3.63) is 0 Å². The quantitative estimate of drug-likeness (QED) is 0.609. The summed E-state index contributed by atoms with van der Waals surface area (Å²) in [6, 6.07) is 0. The van der Waals surface area contributed by atoms with E-state index in [2.05, 4.69) is 18.8 Å². The maximum absolute atomic E-state index is 4.25. The van der Waals surface area contributed by atoms with Crippen LogP contribution in [0.25, 0.3) is 0 Å². The van der Waals surface area contributed by atoms with E-state index in [1.807, 2.05) is 0 Å². The van der Waals surface area contributed by atoms with Crippen LogP contribution in [0.1, 0.15) is 7.43 Å². The molecule has 0 amide bonds. The van der Waals surface area contributed by atoms with Crippen molar-refractivity contribution in [3.63, 3.8) is 0 Å². The molecule has 0 aromatic carbocycles. The van der Waals surface area contributed by atoms with Crippen molar-refractivity contribution in [2.75, 3.05) is 0 Å². The Bertz CT molecular complexity index is 11.6. The van der Waals surface area contributed by atoms with E-state index >= 15 is 0 Å². The molecule has 0 saturated carbocycles. The van der Waals surface area contributed by atoms with Gasteiger partial charge in [-0.2, -0.15) is 0 Å². The van der Waals surface area contributed by atoms with Crippen LogP contribution in [0.4, 0.5) is 0 Å². The molecule has 0 unspecified atom stereocenters. The first kappa shape index (κ1) is 15.8. The molecule has 24 valence electrons. The molecule has 0 heterocycles. The summed E-state index contributed by atoms with van der Waals surface area (Å²) in [4.78, 5) is 0. The Morgan fingerprint density at radius 2 is 1.20 bits per heavy atom. The average molecular weight is 258 g/mol. The van der Waals surface area contributed by atoms with Gasteiger partial charge in [-0.05, 0) is 0 Å². The van der Waals surface area contributed by atoms with Crippen molar-refractivity contribution >= 4 is 18.8 Å². The van der Waals surface area contributed by atoms with Gasteiger partial charge in [0.05, 0.1) is 0 Å². The third-order valence-corrected chi connectivity index (χ3v) is 0. The molecule has 0 bridgehead atoms. The molecule has 0 aromatic rings. The van der Waals surface area contributed by atoms with Gasteiger partial charge in [0.25, 0.3) is 0 Å². The molecule has 0 aliphatic carbocycles. The molecule has 4 heteroatoms. The van der Waals surface area contributed by atoms with Crippen molar-refractivity contribution < 1.29 is 40.2 Å². The Labute approximate surface area is 65.5 Å². The van der Waals surface area contributed by atoms with Gasteiger partial charge >= 0.3 is 59.0 Å². The van der Waals surface area contributed by atoms with Gasteiger partial charge in [-0.15, -0.1) is 0 Å². The van der Waals surface area contributed by atoms with Crippen LogP contribution in [0.2, 0.25) is 0 Å². The second kappa shape index (κ2) is 37.7. The van der Waals surface area contributed by atoms with E-state index < -0.39 is 0 Å². The summed E-state index contributed by atoms with van der Waals surface area (Å²) in [5.41, 5.74) is 0. The van der Waals surface area contributed by atoms with E-state index in [4.69, 9.17) is 0 Å². The maximum atomic E-state index is 4.25. The molecular formula is CH4CdS2Zn. The normalized spacial score (nSPS) is 2.40. The number of hydrogen-bond donors (Lipinski definition) is 0. The third kappa shape index (κ3) is 24.1. The van der Waals surface area contributed by atoms with Crippen LogP contribution in [-0.2, 0) is 40.2 Å². The van der Waals surface area contributed by atoms with Crippen LogP contribution in [0.5, 0.6) is 0 Å². The Kier molecular flexibility index (Phi) is 119. The molecule has 0 nitrogen and oxygen atoms in total. The van der Waals surface area contributed by atoms with Crippen LogP contribution in [0.15, 0.2) is 0 Å². The first-order chi connectivity index (χ1) is 2.00. The molecule has 0 saturated heterocycles. The van der Waals surface area contributed by atoms with Crippen molar-refractivity contribution in [1.82, 2.24) is 0 Å². The van der Waals surface area contributed by atoms with Gasteiger partial charge < -0.3 is 0 Å². The van der Waals surface area contributed by atoms with Gasteiger partial charge in [0.1, 0.15) is 0 Å². The van der Waals surface area contributed by atoms with E-state index in [-0.39, 0.29) is 7.43 Å². The summed E-state index contributed by atoms with van der Waals surface area (Å²) in [5, 5.41) is 0. The molecule has 0 fully saturated rings. The summed E-state index contributed by atoms with van der Waals surface area (Å²) in [6.45, 7) is 0. The predicted octanol–water partition coefficient (Wildman–Crippen LogP) is 1.93. The van der Waals surface area contributed by atoms with Gasteiger partial charge in [-0.3, -0.25) is 0 Å². The van der Waals surface area contributed by atoms with Gasteiger partial charge in [0, 0.05) is 0 Å². The minimum atomic E-state index is 0. The zero-order valence-corrected chi connectivity index (χ0v) is 10.9. The first-order valence-electron chi connectivity index (χ1n) is 0.577. The number of hydrogen-bond acceptors (Lipinski definition) is 2. The molecule has 0 rings (SSSR count). The fourth-order valence-corrected chi connectivity index (χ4v) is 0. The fraction of sp³-hybridized carbons (Fsp3) is 1.00. The zero-order valence-electron chi connectivity index (χ0n) is 2.23. The van der Waals surface area contributed by atoms with E-state index in [0.29, 0.717) is 0 Å². The van der Waals surface area contributed by atoms with Crippen molar-refractivity contribution in [2.45, 2.75) is 7.43 Å². The first-order valence-corrected chi connectivity index (χ1v) is 10.3. The molecule has 0 N–H and O–H groups in total. The van der Waals surface area contributed by atoms with E-state index in [0.717, 1.165) is 40.2 Å². The summed E-state index contributed by atoms with van der Waals surface area (Å²) in [6.07, 6.45) is 0. The topological polar surface area (TPSA) is 0 Å². The Morgan fingerprint density at radius 1 is 1.20 bits per heavy atom. The minimum absolute atomic E-state index is 0. The van der Waals surface area contributed by atoms with Crippen LogP contribution in [0.3, 0.4) is 0 Å². The third-order valence-electron chi connectivity index (χ3n) is 0. The second-order valence-electron chi connectivity index (χ2n) is 0. The summed E-state index contributed by atoms with van der Waals surface area (Å²) in [7, 11) is 8.46. The molecule has 0 spiro atoms. The molecule has 0 aliphatic heterocycles. The molecule has 0 aliphatic rings. The monoisotopic (exact) mass is 258 g/mol. The summed E-state index contributed by atoms with van der Waals surface area (Å²) >= 11 is 1.69. The second-order valence-corrected chi connectivity index (χ2v) is 0. The molecule has 5 heavy (non-hydrogen) atoms. The van der Waals surface area contributed by atoms with Gasteiger partial charge in [0.2, 0.25) is 0 Å². The SMILES string of the molecule is C.[S]=[Cd].[S]=[Zn]. The summed E-state index contributed by atoms with van der Waals surface area (Å²) < 4.78 is 0. The van der Waals surface area contributed by atoms with Crippen LogP contribution in [0, 0.1) is 0 Å². The van der Waals surface area contributed by atoms with Gasteiger partial charge in [0.15, 0.2) is 0 Å². The Hall–Kier alpha value is 1.99. The van der Waals surface area contributed by atoms with Gasteiger partial charge in [-0.1, -0.05) is 7.43 Å². The number of rotatable bonds is 0. The van der Waals surface area contributed by atoms with Crippen molar-refractivity contribution in [3.8, 4) is 0 Å². The molecule has 0 radical (unpaired) electrons. The van der Waals surface area contributed by atoms with Crippen LogP contribution >= 0.6 is 18.8 Å². The predicted molar refractivity (Wildman–Crippen MR) is 21.9 cm³/mol. The van der Waals surface area contributed by atoms with Crippen molar-refractivity contribution in [2.24, 2.45) is 0 Å². The van der Waals surface area contributed by atoms with E-state index in [9.17, 15) is 0 Å². The van der Waals surface area contributed by atoms with Crippen molar-refractivity contribution in [1.29, 1.82) is 0 Å². The molecule has 0 aromatic heterocycles.